The number of hydrogen-bond donors (Lipinski definition) is 1. The summed E-state index contributed by atoms with van der Waals surface area (Å²) in [5.74, 6) is -0.919. The van der Waals surface area contributed by atoms with Crippen molar-refractivity contribution in [2.45, 2.75) is 10.1 Å². The van der Waals surface area contributed by atoms with E-state index in [2.05, 4.69) is 0 Å². The molecule has 0 aliphatic carbocycles. The first-order chi connectivity index (χ1) is 9.10. The summed E-state index contributed by atoms with van der Waals surface area (Å²) in [5, 5.41) is 0.422. The number of halogens is 3. The maximum atomic E-state index is 13.6. The molecule has 2 rings (SSSR count). The molecule has 0 aromatic heterocycles. The molecule has 19 heavy (non-hydrogen) atoms. The van der Waals surface area contributed by atoms with Crippen LogP contribution in [0.4, 0.5) is 8.78 Å². The number of nitrogens with two attached hydrogens (primary N) is 1. The molecule has 0 heterocycles. The second kappa shape index (κ2) is 6.37. The smallest absolute Gasteiger partial charge is 0.136 e. The van der Waals surface area contributed by atoms with Crippen LogP contribution in [0.15, 0.2) is 47.4 Å². The van der Waals surface area contributed by atoms with E-state index in [1.54, 1.807) is 12.1 Å². The van der Waals surface area contributed by atoms with Gasteiger partial charge in [-0.1, -0.05) is 23.7 Å². The Hall–Kier alpha value is -1.10. The van der Waals surface area contributed by atoms with Crippen molar-refractivity contribution in [1.29, 1.82) is 0 Å². The molecular formula is C14H12ClF2NS. The van der Waals surface area contributed by atoms with E-state index in [4.69, 9.17) is 17.3 Å². The number of hydrogen-bond acceptors (Lipinski definition) is 2. The lowest BCUT2D eigenvalue weighted by atomic mass is 10.1. The first kappa shape index (κ1) is 14.3. The highest BCUT2D eigenvalue weighted by molar-refractivity contribution is 7.99. The second-order valence-electron chi connectivity index (χ2n) is 3.97. The van der Waals surface area contributed by atoms with E-state index in [-0.39, 0.29) is 10.1 Å². The first-order valence-corrected chi connectivity index (χ1v) is 6.93. The van der Waals surface area contributed by atoms with E-state index in [0.717, 1.165) is 17.7 Å². The lowest BCUT2D eigenvalue weighted by Gasteiger charge is -2.15. The standard InChI is InChI=1S/C14H12ClF2NS/c15-10-3-1-2-9(6-10)14(8-18)19-13-7-11(16)4-5-12(13)17/h1-7,14H,8,18H2. The summed E-state index contributed by atoms with van der Waals surface area (Å²) in [6.07, 6.45) is 0. The largest absolute Gasteiger partial charge is 0.329 e. The molecule has 1 nitrogen and oxygen atoms in total. The minimum atomic E-state index is -0.467. The molecule has 0 bridgehead atoms. The molecule has 0 fully saturated rings. The Morgan fingerprint density at radius 3 is 2.63 bits per heavy atom. The molecule has 0 amide bonds. The fraction of sp³-hybridized carbons (Fsp3) is 0.143. The van der Waals surface area contributed by atoms with Crippen LogP contribution in [-0.2, 0) is 0 Å². The summed E-state index contributed by atoms with van der Waals surface area (Å²) in [6.45, 7) is 0.307. The molecule has 0 radical (unpaired) electrons. The van der Waals surface area contributed by atoms with Gasteiger partial charge in [0.05, 0.1) is 0 Å². The van der Waals surface area contributed by atoms with E-state index in [9.17, 15) is 8.78 Å². The van der Waals surface area contributed by atoms with Gasteiger partial charge >= 0.3 is 0 Å². The zero-order valence-electron chi connectivity index (χ0n) is 9.95. The van der Waals surface area contributed by atoms with Gasteiger partial charge in [0.15, 0.2) is 0 Å². The molecule has 100 valence electrons. The highest BCUT2D eigenvalue weighted by atomic mass is 35.5. The molecule has 0 spiro atoms. The van der Waals surface area contributed by atoms with Gasteiger partial charge in [-0.25, -0.2) is 8.78 Å². The molecule has 2 N–H and O–H groups in total. The van der Waals surface area contributed by atoms with Crippen LogP contribution < -0.4 is 5.73 Å². The van der Waals surface area contributed by atoms with E-state index >= 15 is 0 Å². The van der Waals surface area contributed by atoms with Crippen LogP contribution in [0.1, 0.15) is 10.8 Å². The lowest BCUT2D eigenvalue weighted by Crippen LogP contribution is -2.09. The molecule has 0 saturated carbocycles. The highest BCUT2D eigenvalue weighted by Gasteiger charge is 2.15. The van der Waals surface area contributed by atoms with E-state index < -0.39 is 11.6 Å². The molecule has 0 saturated heterocycles. The third-order valence-electron chi connectivity index (χ3n) is 2.60. The minimum absolute atomic E-state index is 0.171. The Kier molecular flexibility index (Phi) is 4.80. The van der Waals surface area contributed by atoms with Crippen molar-refractivity contribution in [2.24, 2.45) is 5.73 Å². The number of rotatable bonds is 4. The van der Waals surface area contributed by atoms with Crippen LogP contribution in [0.5, 0.6) is 0 Å². The average Bonchev–Trinajstić information content (AvgIpc) is 2.39. The Morgan fingerprint density at radius 1 is 1.16 bits per heavy atom. The van der Waals surface area contributed by atoms with Gasteiger partial charge < -0.3 is 5.73 Å². The molecule has 2 aromatic carbocycles. The summed E-state index contributed by atoms with van der Waals surface area (Å²) >= 11 is 7.11. The summed E-state index contributed by atoms with van der Waals surface area (Å²) in [7, 11) is 0. The Balaban J connectivity index is 2.26. The van der Waals surface area contributed by atoms with E-state index in [1.807, 2.05) is 12.1 Å². The van der Waals surface area contributed by atoms with Gasteiger partial charge in [-0.2, -0.15) is 0 Å². The third kappa shape index (κ3) is 3.69. The fourth-order valence-electron chi connectivity index (χ4n) is 1.68. The van der Waals surface area contributed by atoms with Crippen molar-refractivity contribution in [3.05, 3.63) is 64.7 Å². The molecular weight excluding hydrogens is 288 g/mol. The van der Waals surface area contributed by atoms with Crippen LogP contribution in [-0.4, -0.2) is 6.54 Å². The second-order valence-corrected chi connectivity index (χ2v) is 5.65. The Labute approximate surface area is 119 Å². The molecule has 2 aromatic rings. The molecule has 1 atom stereocenters. The van der Waals surface area contributed by atoms with Crippen molar-refractivity contribution in [1.82, 2.24) is 0 Å². The third-order valence-corrected chi connectivity index (χ3v) is 4.15. The summed E-state index contributed by atoms with van der Waals surface area (Å²) in [6, 6.07) is 10.6. The molecule has 0 aliphatic rings. The van der Waals surface area contributed by atoms with Crippen LogP contribution in [0.25, 0.3) is 0 Å². The van der Waals surface area contributed by atoms with Crippen LogP contribution in [0.3, 0.4) is 0 Å². The monoisotopic (exact) mass is 299 g/mol. The van der Waals surface area contributed by atoms with Crippen molar-refractivity contribution in [3.63, 3.8) is 0 Å². The Bertz CT molecular complexity index is 577. The van der Waals surface area contributed by atoms with Gasteiger partial charge in [0.2, 0.25) is 0 Å². The van der Waals surface area contributed by atoms with Gasteiger partial charge in [0.25, 0.3) is 0 Å². The van der Waals surface area contributed by atoms with E-state index in [1.165, 1.54) is 17.8 Å². The minimum Gasteiger partial charge on any atom is -0.329 e. The summed E-state index contributed by atoms with van der Waals surface area (Å²) in [5.41, 5.74) is 6.60. The van der Waals surface area contributed by atoms with Crippen LogP contribution >= 0.6 is 23.4 Å². The normalized spacial score (nSPS) is 12.4. The fourth-order valence-corrected chi connectivity index (χ4v) is 2.93. The highest BCUT2D eigenvalue weighted by Crippen LogP contribution is 2.36. The average molecular weight is 300 g/mol. The topological polar surface area (TPSA) is 26.0 Å². The van der Waals surface area contributed by atoms with E-state index in [0.29, 0.717) is 11.6 Å². The van der Waals surface area contributed by atoms with Crippen LogP contribution in [0, 0.1) is 11.6 Å². The van der Waals surface area contributed by atoms with Crippen molar-refractivity contribution < 1.29 is 8.78 Å². The van der Waals surface area contributed by atoms with Gasteiger partial charge in [-0.05, 0) is 35.9 Å². The van der Waals surface area contributed by atoms with Gasteiger partial charge in [0, 0.05) is 21.7 Å². The first-order valence-electron chi connectivity index (χ1n) is 5.67. The van der Waals surface area contributed by atoms with Gasteiger partial charge in [-0.15, -0.1) is 11.8 Å². The number of thioether (sulfide) groups is 1. The SMILES string of the molecule is NCC(Sc1cc(F)ccc1F)c1cccc(Cl)c1. The molecule has 0 aliphatic heterocycles. The lowest BCUT2D eigenvalue weighted by molar-refractivity contribution is 0.576. The predicted octanol–water partition coefficient (Wildman–Crippen LogP) is 4.41. The summed E-state index contributed by atoms with van der Waals surface area (Å²) in [4.78, 5) is 0.246. The van der Waals surface area contributed by atoms with Gasteiger partial charge in [-0.3, -0.25) is 0 Å². The predicted molar refractivity (Wildman–Crippen MR) is 75.5 cm³/mol. The van der Waals surface area contributed by atoms with Gasteiger partial charge in [0.1, 0.15) is 11.6 Å². The molecule has 5 heteroatoms. The zero-order valence-corrected chi connectivity index (χ0v) is 11.5. The Morgan fingerprint density at radius 2 is 1.95 bits per heavy atom. The summed E-state index contributed by atoms with van der Waals surface area (Å²) < 4.78 is 26.7. The maximum Gasteiger partial charge on any atom is 0.136 e. The van der Waals surface area contributed by atoms with Crippen molar-refractivity contribution >= 4 is 23.4 Å². The maximum absolute atomic E-state index is 13.6. The van der Waals surface area contributed by atoms with Crippen molar-refractivity contribution in [3.8, 4) is 0 Å². The quantitative estimate of drug-likeness (QED) is 0.846. The van der Waals surface area contributed by atoms with Crippen LogP contribution in [0.2, 0.25) is 5.02 Å². The number of benzene rings is 2. The molecule has 1 unspecified atom stereocenters. The van der Waals surface area contributed by atoms with Crippen molar-refractivity contribution in [2.75, 3.05) is 6.54 Å². The zero-order chi connectivity index (χ0) is 13.8.